The Labute approximate surface area is 202 Å². The zero-order chi connectivity index (χ0) is 25.3. The average Bonchev–Trinajstić information content (AvgIpc) is 2.86. The van der Waals surface area contributed by atoms with Crippen molar-refractivity contribution in [3.05, 3.63) is 65.0 Å². The van der Waals surface area contributed by atoms with Gasteiger partial charge in [-0.1, -0.05) is 0 Å². The van der Waals surface area contributed by atoms with Crippen LogP contribution in [0.1, 0.15) is 11.1 Å². The molecule has 34 heavy (non-hydrogen) atoms. The van der Waals surface area contributed by atoms with Gasteiger partial charge in [-0.15, -0.1) is 0 Å². The van der Waals surface area contributed by atoms with Gasteiger partial charge in [-0.3, -0.25) is 15.0 Å². The van der Waals surface area contributed by atoms with Crippen LogP contribution in [-0.4, -0.2) is 51.6 Å². The predicted molar refractivity (Wildman–Crippen MR) is 137 cm³/mol. The molecule has 0 atom stereocenters. The van der Waals surface area contributed by atoms with Crippen LogP contribution >= 0.6 is 11.9 Å². The molecule has 1 aliphatic heterocycles. The number of aliphatic imine (C=N–C) groups is 3. The van der Waals surface area contributed by atoms with Crippen molar-refractivity contribution in [1.82, 2.24) is 10.3 Å². The summed E-state index contributed by atoms with van der Waals surface area (Å²) in [5, 5.41) is 3.02. The lowest BCUT2D eigenvalue weighted by atomic mass is 9.97. The van der Waals surface area contributed by atoms with Gasteiger partial charge in [0.15, 0.2) is 11.6 Å². The number of nitrogens with one attached hydrogen (secondary N) is 2. The number of hydrogen-bond donors (Lipinski definition) is 3. The molecule has 0 bridgehead atoms. The number of aryl methyl sites for hydroxylation is 1. The minimum absolute atomic E-state index is 0.0284. The van der Waals surface area contributed by atoms with E-state index in [0.29, 0.717) is 39.3 Å². The van der Waals surface area contributed by atoms with E-state index in [-0.39, 0.29) is 5.56 Å². The number of nitrogens with zero attached hydrogens (tertiary/aromatic N) is 4. The largest absolute Gasteiger partial charge is 0.480 e. The summed E-state index contributed by atoms with van der Waals surface area (Å²) >= 11 is 1.18. The maximum Gasteiger partial charge on any atom is 0.228 e. The highest BCUT2D eigenvalue weighted by Crippen LogP contribution is 2.33. The summed E-state index contributed by atoms with van der Waals surface area (Å²) in [6.45, 7) is 5.35. The van der Waals surface area contributed by atoms with Gasteiger partial charge in [0.25, 0.3) is 0 Å². The first-order valence-electron chi connectivity index (χ1n) is 10.0. The average molecular weight is 488 g/mol. The molecule has 1 aromatic carbocycles. The lowest BCUT2D eigenvalue weighted by molar-refractivity contribution is 0.387. The van der Waals surface area contributed by atoms with Gasteiger partial charge in [-0.2, -0.15) is 0 Å². The van der Waals surface area contributed by atoms with Crippen molar-refractivity contribution in [2.75, 3.05) is 33.0 Å². The number of benzene rings is 1. The Balaban J connectivity index is 0.00000199. The van der Waals surface area contributed by atoms with E-state index in [0.717, 1.165) is 11.6 Å². The van der Waals surface area contributed by atoms with Crippen LogP contribution in [0.3, 0.4) is 0 Å². The molecule has 11 heteroatoms. The topological polar surface area (TPSA) is 109 Å². The van der Waals surface area contributed by atoms with Gasteiger partial charge >= 0.3 is 0 Å². The molecule has 180 valence electrons. The SMILES string of the molecule is C=N/C=C1/C=C(c2cc(NSc3cc(C)cnc3OC)cc(F)c2F)C(=NC)NC1=NC.CN. The third kappa shape index (κ3) is 6.06. The van der Waals surface area contributed by atoms with Crippen molar-refractivity contribution >= 4 is 41.6 Å². The first-order valence-corrected chi connectivity index (χ1v) is 10.8. The lowest BCUT2D eigenvalue weighted by Gasteiger charge is -2.22. The molecular formula is C23H27F2N7OS. The Hall–Kier alpha value is -3.57. The Morgan fingerprint density at radius 3 is 2.50 bits per heavy atom. The van der Waals surface area contributed by atoms with Gasteiger partial charge < -0.3 is 20.5 Å². The van der Waals surface area contributed by atoms with Crippen LogP contribution in [0.25, 0.3) is 5.57 Å². The van der Waals surface area contributed by atoms with E-state index in [9.17, 15) is 8.78 Å². The van der Waals surface area contributed by atoms with Crippen LogP contribution in [0.15, 0.2) is 62.1 Å². The fourth-order valence-electron chi connectivity index (χ4n) is 3.02. The number of pyridine rings is 1. The summed E-state index contributed by atoms with van der Waals surface area (Å²) < 4.78 is 37.7. The van der Waals surface area contributed by atoms with E-state index >= 15 is 0 Å². The van der Waals surface area contributed by atoms with E-state index in [1.165, 1.54) is 38.4 Å². The molecule has 0 fully saturated rings. The highest BCUT2D eigenvalue weighted by Gasteiger charge is 2.24. The summed E-state index contributed by atoms with van der Waals surface area (Å²) in [5.74, 6) is -0.731. The number of hydrogen-bond acceptors (Lipinski definition) is 8. The molecule has 0 saturated carbocycles. The van der Waals surface area contributed by atoms with E-state index in [2.05, 4.69) is 42.5 Å². The van der Waals surface area contributed by atoms with Crippen LogP contribution in [0, 0.1) is 18.6 Å². The number of amidine groups is 2. The summed E-state index contributed by atoms with van der Waals surface area (Å²) in [5.41, 5.74) is 6.74. The van der Waals surface area contributed by atoms with Crippen LogP contribution in [0.2, 0.25) is 0 Å². The second-order valence-electron chi connectivity index (χ2n) is 6.64. The van der Waals surface area contributed by atoms with Crippen LogP contribution in [-0.2, 0) is 0 Å². The normalized spacial score (nSPS) is 16.5. The smallest absolute Gasteiger partial charge is 0.228 e. The molecule has 0 spiro atoms. The molecule has 0 unspecified atom stereocenters. The maximum absolute atomic E-state index is 14.9. The maximum atomic E-state index is 14.9. The van der Waals surface area contributed by atoms with Gasteiger partial charge in [0.05, 0.1) is 12.0 Å². The molecule has 0 aliphatic carbocycles. The summed E-state index contributed by atoms with van der Waals surface area (Å²) in [6, 6.07) is 4.47. The summed E-state index contributed by atoms with van der Waals surface area (Å²) in [4.78, 5) is 17.0. The summed E-state index contributed by atoms with van der Waals surface area (Å²) in [7, 11) is 6.16. The van der Waals surface area contributed by atoms with Crippen LogP contribution in [0.5, 0.6) is 5.88 Å². The van der Waals surface area contributed by atoms with E-state index in [1.807, 2.05) is 13.0 Å². The fraction of sp³-hybridized carbons (Fsp3) is 0.217. The number of methoxy groups -OCH3 is 1. The Morgan fingerprint density at radius 2 is 1.88 bits per heavy atom. The lowest BCUT2D eigenvalue weighted by Crippen LogP contribution is -2.36. The van der Waals surface area contributed by atoms with Gasteiger partial charge in [0.1, 0.15) is 11.7 Å². The van der Waals surface area contributed by atoms with Crippen molar-refractivity contribution in [1.29, 1.82) is 0 Å². The molecule has 2 aromatic rings. The zero-order valence-electron chi connectivity index (χ0n) is 19.6. The van der Waals surface area contributed by atoms with Gasteiger partial charge in [0, 0.05) is 55.0 Å². The van der Waals surface area contributed by atoms with Gasteiger partial charge in [-0.05, 0) is 56.4 Å². The third-order valence-corrected chi connectivity index (χ3v) is 5.34. The van der Waals surface area contributed by atoms with Crippen molar-refractivity contribution in [2.45, 2.75) is 11.8 Å². The van der Waals surface area contributed by atoms with Crippen LogP contribution in [0.4, 0.5) is 14.5 Å². The first-order chi connectivity index (χ1) is 16.4. The third-order valence-electron chi connectivity index (χ3n) is 4.49. The Kier molecular flexibility index (Phi) is 9.90. The Morgan fingerprint density at radius 1 is 1.18 bits per heavy atom. The highest BCUT2D eigenvalue weighted by molar-refractivity contribution is 8.00. The number of anilines is 1. The van der Waals surface area contributed by atoms with E-state index in [1.54, 1.807) is 26.4 Å². The zero-order valence-corrected chi connectivity index (χ0v) is 20.4. The molecule has 1 aromatic heterocycles. The monoisotopic (exact) mass is 487 g/mol. The second kappa shape index (κ2) is 12.6. The molecule has 0 amide bonds. The predicted octanol–water partition coefficient (Wildman–Crippen LogP) is 4.00. The van der Waals surface area contributed by atoms with Crippen molar-refractivity contribution in [2.24, 2.45) is 20.7 Å². The Bertz CT molecular complexity index is 1180. The number of ether oxygens (including phenoxy) is 1. The second-order valence-corrected chi connectivity index (χ2v) is 7.49. The number of nitrogens with two attached hydrogens (primary N) is 1. The van der Waals surface area contributed by atoms with Crippen molar-refractivity contribution in [3.8, 4) is 5.88 Å². The number of aromatic nitrogens is 1. The van der Waals surface area contributed by atoms with Crippen molar-refractivity contribution < 1.29 is 13.5 Å². The van der Waals surface area contributed by atoms with E-state index < -0.39 is 11.6 Å². The molecule has 3 rings (SSSR count). The van der Waals surface area contributed by atoms with Crippen LogP contribution < -0.4 is 20.5 Å². The first kappa shape index (κ1) is 26.7. The standard InChI is InChI=1S/C22H22F2N6OS.CH5N/c1-12-6-18(22(31-5)28-10-12)32-30-14-8-15(19(24)17(23)9-14)16-7-13(11-25-2)20(26-3)29-21(16)27-4;1-2/h6-11,30H,2H2,1,3-5H3,(H,26,27,29);2H2,1H3/b13-11-;. The van der Waals surface area contributed by atoms with E-state index in [4.69, 9.17) is 4.74 Å². The number of rotatable bonds is 6. The summed E-state index contributed by atoms with van der Waals surface area (Å²) in [6.07, 6.45) is 4.80. The molecule has 2 heterocycles. The highest BCUT2D eigenvalue weighted by atomic mass is 32.2. The number of halogens is 2. The molecule has 4 N–H and O–H groups in total. The minimum Gasteiger partial charge on any atom is -0.480 e. The molecule has 0 radical (unpaired) electrons. The molecule has 0 saturated heterocycles. The molecule has 8 nitrogen and oxygen atoms in total. The van der Waals surface area contributed by atoms with Gasteiger partial charge in [-0.25, -0.2) is 13.8 Å². The quantitative estimate of drug-likeness (QED) is 0.420. The van der Waals surface area contributed by atoms with Gasteiger partial charge in [0.2, 0.25) is 5.88 Å². The minimum atomic E-state index is -1.00. The molecular weight excluding hydrogens is 460 g/mol. The fourth-order valence-corrected chi connectivity index (χ4v) is 3.84. The van der Waals surface area contributed by atoms with Crippen molar-refractivity contribution in [3.63, 3.8) is 0 Å². The molecule has 1 aliphatic rings.